The molecule has 1 atom stereocenters. The Labute approximate surface area is 92.2 Å². The van der Waals surface area contributed by atoms with Gasteiger partial charge in [0.1, 0.15) is 0 Å². The Kier molecular flexibility index (Phi) is 5.05. The van der Waals surface area contributed by atoms with Crippen molar-refractivity contribution < 1.29 is 4.79 Å². The Morgan fingerprint density at radius 3 is 2.67 bits per heavy atom. The Hall–Kier alpha value is -0.610. The third kappa shape index (κ3) is 5.14. The van der Waals surface area contributed by atoms with Crippen molar-refractivity contribution in [1.82, 2.24) is 10.2 Å². The van der Waals surface area contributed by atoms with Gasteiger partial charge in [0.05, 0.1) is 0 Å². The van der Waals surface area contributed by atoms with Crippen molar-refractivity contribution in [2.45, 2.75) is 32.2 Å². The van der Waals surface area contributed by atoms with Gasteiger partial charge in [0, 0.05) is 19.0 Å². The van der Waals surface area contributed by atoms with Crippen LogP contribution >= 0.6 is 0 Å². The van der Waals surface area contributed by atoms with Crippen molar-refractivity contribution in [3.8, 4) is 0 Å². The van der Waals surface area contributed by atoms with Gasteiger partial charge >= 0.3 is 0 Å². The number of carbonyl (C=O) groups excluding carboxylic acids is 1. The van der Waals surface area contributed by atoms with Crippen molar-refractivity contribution in [2.75, 3.05) is 26.7 Å². The first kappa shape index (κ1) is 12.5. The van der Waals surface area contributed by atoms with E-state index in [0.717, 1.165) is 19.6 Å². The average Bonchev–Trinajstić information content (AvgIpc) is 2.16. The molecule has 0 spiro atoms. The second-order valence-corrected chi connectivity index (χ2v) is 4.73. The number of nitrogens with two attached hydrogens (primary N) is 1. The summed E-state index contributed by atoms with van der Waals surface area (Å²) >= 11 is 0. The summed E-state index contributed by atoms with van der Waals surface area (Å²) in [4.78, 5) is 13.7. The Morgan fingerprint density at radius 2 is 2.13 bits per heavy atom. The van der Waals surface area contributed by atoms with E-state index in [1.54, 1.807) is 0 Å². The van der Waals surface area contributed by atoms with E-state index in [1.807, 2.05) is 6.92 Å². The van der Waals surface area contributed by atoms with E-state index < -0.39 is 0 Å². The predicted molar refractivity (Wildman–Crippen MR) is 61.5 cm³/mol. The highest BCUT2D eigenvalue weighted by atomic mass is 16.1. The molecule has 1 aliphatic rings. The fourth-order valence-electron chi connectivity index (χ4n) is 1.89. The molecule has 15 heavy (non-hydrogen) atoms. The van der Waals surface area contributed by atoms with E-state index in [9.17, 15) is 4.79 Å². The molecule has 1 amide bonds. The molecule has 88 valence electrons. The maximum Gasteiger partial charge on any atom is 0.221 e. The van der Waals surface area contributed by atoms with E-state index in [-0.39, 0.29) is 11.9 Å². The summed E-state index contributed by atoms with van der Waals surface area (Å²) in [6.45, 7) is 4.97. The van der Waals surface area contributed by atoms with Crippen LogP contribution in [0.4, 0.5) is 0 Å². The lowest BCUT2D eigenvalue weighted by atomic mass is 9.97. The highest BCUT2D eigenvalue weighted by Gasteiger charge is 2.17. The number of hydrogen-bond donors (Lipinski definition) is 2. The molecule has 4 nitrogen and oxygen atoms in total. The largest absolute Gasteiger partial charge is 0.356 e. The summed E-state index contributed by atoms with van der Waals surface area (Å²) < 4.78 is 0. The number of piperidine rings is 1. The molecule has 0 bridgehead atoms. The lowest BCUT2D eigenvalue weighted by Gasteiger charge is -2.29. The second kappa shape index (κ2) is 6.08. The van der Waals surface area contributed by atoms with Crippen molar-refractivity contribution in [2.24, 2.45) is 11.7 Å². The molecule has 1 fully saturated rings. The van der Waals surface area contributed by atoms with Gasteiger partial charge in [0.2, 0.25) is 5.91 Å². The third-order valence-electron chi connectivity index (χ3n) is 2.93. The molecule has 3 N–H and O–H groups in total. The number of hydrogen-bond acceptors (Lipinski definition) is 3. The summed E-state index contributed by atoms with van der Waals surface area (Å²) in [7, 11) is 2.14. The average molecular weight is 213 g/mol. The predicted octanol–water partition coefficient (Wildman–Crippen LogP) is 0.182. The second-order valence-electron chi connectivity index (χ2n) is 4.73. The van der Waals surface area contributed by atoms with Crippen LogP contribution in [-0.2, 0) is 4.79 Å². The molecule has 1 rings (SSSR count). The zero-order valence-corrected chi connectivity index (χ0v) is 9.83. The van der Waals surface area contributed by atoms with E-state index in [4.69, 9.17) is 5.73 Å². The quantitative estimate of drug-likeness (QED) is 0.700. The first-order valence-corrected chi connectivity index (χ1v) is 5.78. The van der Waals surface area contributed by atoms with Crippen LogP contribution in [0.15, 0.2) is 0 Å². The molecule has 4 heteroatoms. The van der Waals surface area contributed by atoms with Crippen LogP contribution in [0.5, 0.6) is 0 Å². The van der Waals surface area contributed by atoms with Gasteiger partial charge in [-0.05, 0) is 45.8 Å². The van der Waals surface area contributed by atoms with Crippen LogP contribution in [0.1, 0.15) is 26.2 Å². The monoisotopic (exact) mass is 213 g/mol. The molecule has 1 heterocycles. The number of nitrogens with zero attached hydrogens (tertiary/aromatic N) is 1. The minimum atomic E-state index is -0.0394. The molecule has 0 aromatic heterocycles. The summed E-state index contributed by atoms with van der Waals surface area (Å²) in [6.07, 6.45) is 2.82. The van der Waals surface area contributed by atoms with Crippen LogP contribution in [-0.4, -0.2) is 43.5 Å². The Balaban J connectivity index is 2.12. The number of nitrogens with one attached hydrogen (secondary N) is 1. The number of carbonyl (C=O) groups is 1. The lowest BCUT2D eigenvalue weighted by molar-refractivity contribution is -0.121. The van der Waals surface area contributed by atoms with Crippen molar-refractivity contribution in [3.63, 3.8) is 0 Å². The van der Waals surface area contributed by atoms with Crippen LogP contribution in [0.25, 0.3) is 0 Å². The summed E-state index contributed by atoms with van der Waals surface area (Å²) in [5.74, 6) is 0.738. The smallest absolute Gasteiger partial charge is 0.221 e. The van der Waals surface area contributed by atoms with Crippen molar-refractivity contribution >= 4 is 5.91 Å². The van der Waals surface area contributed by atoms with Crippen LogP contribution in [0.3, 0.4) is 0 Å². The number of amides is 1. The number of rotatable bonds is 4. The van der Waals surface area contributed by atoms with Gasteiger partial charge in [-0.1, -0.05) is 0 Å². The van der Waals surface area contributed by atoms with E-state index in [2.05, 4.69) is 17.3 Å². The third-order valence-corrected chi connectivity index (χ3v) is 2.93. The molecule has 1 aliphatic heterocycles. The maximum absolute atomic E-state index is 11.4. The SMILES string of the molecule is CC(N)CC(=O)NCC1CCN(C)CC1. The first-order valence-electron chi connectivity index (χ1n) is 5.78. The van der Waals surface area contributed by atoms with Gasteiger partial charge in [-0.25, -0.2) is 0 Å². The molecular formula is C11H23N3O. The molecule has 0 aromatic carbocycles. The van der Waals surface area contributed by atoms with E-state index in [0.29, 0.717) is 12.3 Å². The summed E-state index contributed by atoms with van der Waals surface area (Å²) in [5.41, 5.74) is 5.55. The molecule has 0 saturated carbocycles. The highest BCUT2D eigenvalue weighted by molar-refractivity contribution is 5.76. The minimum Gasteiger partial charge on any atom is -0.356 e. The maximum atomic E-state index is 11.4. The van der Waals surface area contributed by atoms with Crippen molar-refractivity contribution in [1.29, 1.82) is 0 Å². The standard InChI is InChI=1S/C11H23N3O/c1-9(12)7-11(15)13-8-10-3-5-14(2)6-4-10/h9-10H,3-8,12H2,1-2H3,(H,13,15). The molecular weight excluding hydrogens is 190 g/mol. The molecule has 1 unspecified atom stereocenters. The summed E-state index contributed by atoms with van der Waals surface area (Å²) in [5, 5.41) is 2.96. The van der Waals surface area contributed by atoms with Gasteiger partial charge in [-0.2, -0.15) is 0 Å². The van der Waals surface area contributed by atoms with E-state index >= 15 is 0 Å². The molecule has 0 radical (unpaired) electrons. The summed E-state index contributed by atoms with van der Waals surface area (Å²) in [6, 6.07) is -0.0394. The molecule has 1 saturated heterocycles. The van der Waals surface area contributed by atoms with Gasteiger partial charge in [0.25, 0.3) is 0 Å². The van der Waals surface area contributed by atoms with Crippen molar-refractivity contribution in [3.05, 3.63) is 0 Å². The Morgan fingerprint density at radius 1 is 1.53 bits per heavy atom. The van der Waals surface area contributed by atoms with Gasteiger partial charge in [0.15, 0.2) is 0 Å². The minimum absolute atomic E-state index is 0.0394. The van der Waals surface area contributed by atoms with E-state index in [1.165, 1.54) is 12.8 Å². The first-order chi connectivity index (χ1) is 7.08. The topological polar surface area (TPSA) is 58.4 Å². The van der Waals surface area contributed by atoms with Crippen LogP contribution < -0.4 is 11.1 Å². The fraction of sp³-hybridized carbons (Fsp3) is 0.909. The Bertz CT molecular complexity index is 198. The van der Waals surface area contributed by atoms with Gasteiger partial charge in [-0.3, -0.25) is 4.79 Å². The zero-order chi connectivity index (χ0) is 11.3. The van der Waals surface area contributed by atoms with Gasteiger partial charge < -0.3 is 16.0 Å². The molecule has 0 aliphatic carbocycles. The zero-order valence-electron chi connectivity index (χ0n) is 9.83. The molecule has 0 aromatic rings. The highest BCUT2D eigenvalue weighted by Crippen LogP contribution is 2.14. The lowest BCUT2D eigenvalue weighted by Crippen LogP contribution is -2.38. The van der Waals surface area contributed by atoms with Crippen LogP contribution in [0.2, 0.25) is 0 Å². The van der Waals surface area contributed by atoms with Gasteiger partial charge in [-0.15, -0.1) is 0 Å². The normalized spacial score (nSPS) is 21.3. The van der Waals surface area contributed by atoms with Crippen LogP contribution in [0, 0.1) is 5.92 Å². The fourth-order valence-corrected chi connectivity index (χ4v) is 1.89. The number of likely N-dealkylation sites (tertiary alicyclic amines) is 1.